The Kier molecular flexibility index (Phi) is 4.86. The quantitative estimate of drug-likeness (QED) is 0.814. The summed E-state index contributed by atoms with van der Waals surface area (Å²) in [6.45, 7) is 0.361. The SMILES string of the molecule is Cc1cc(C)n(/N=C/c2ccccc2OC(F)F)c(=O)c1C#N. The van der Waals surface area contributed by atoms with Gasteiger partial charge in [-0.25, -0.2) is 4.68 Å². The lowest BCUT2D eigenvalue weighted by molar-refractivity contribution is -0.0499. The monoisotopic (exact) mass is 317 g/mol. The molecule has 0 amide bonds. The number of alkyl halides is 2. The van der Waals surface area contributed by atoms with Gasteiger partial charge >= 0.3 is 6.61 Å². The van der Waals surface area contributed by atoms with Gasteiger partial charge in [-0.3, -0.25) is 4.79 Å². The van der Waals surface area contributed by atoms with Crippen LogP contribution in [0.15, 0.2) is 40.2 Å². The van der Waals surface area contributed by atoms with Crippen molar-refractivity contribution in [1.29, 1.82) is 5.26 Å². The van der Waals surface area contributed by atoms with Gasteiger partial charge in [-0.1, -0.05) is 12.1 Å². The summed E-state index contributed by atoms with van der Waals surface area (Å²) in [4.78, 5) is 12.2. The lowest BCUT2D eigenvalue weighted by Gasteiger charge is -2.08. The lowest BCUT2D eigenvalue weighted by atomic mass is 10.1. The zero-order valence-corrected chi connectivity index (χ0v) is 12.5. The second-order valence-corrected chi connectivity index (χ2v) is 4.73. The van der Waals surface area contributed by atoms with Crippen molar-refractivity contribution in [3.05, 3.63) is 63.1 Å². The third-order valence-electron chi connectivity index (χ3n) is 3.12. The summed E-state index contributed by atoms with van der Waals surface area (Å²) in [5.74, 6) is -0.0513. The molecule has 1 aromatic carbocycles. The number of nitrogens with zero attached hydrogens (tertiary/aromatic N) is 3. The summed E-state index contributed by atoms with van der Waals surface area (Å²) in [5, 5.41) is 13.0. The largest absolute Gasteiger partial charge is 0.434 e. The van der Waals surface area contributed by atoms with Gasteiger partial charge in [-0.15, -0.1) is 0 Å². The maximum atomic E-state index is 12.4. The molecule has 0 radical (unpaired) electrons. The van der Waals surface area contributed by atoms with Gasteiger partial charge in [0, 0.05) is 11.3 Å². The fraction of sp³-hybridized carbons (Fsp3) is 0.188. The van der Waals surface area contributed by atoms with E-state index in [1.165, 1.54) is 18.3 Å². The van der Waals surface area contributed by atoms with E-state index < -0.39 is 12.2 Å². The van der Waals surface area contributed by atoms with Crippen molar-refractivity contribution < 1.29 is 13.5 Å². The summed E-state index contributed by atoms with van der Waals surface area (Å²) in [5.41, 5.74) is 0.800. The van der Waals surface area contributed by atoms with Crippen LogP contribution in [0.25, 0.3) is 0 Å². The minimum absolute atomic E-state index is 0.00938. The molecule has 0 unspecified atom stereocenters. The van der Waals surface area contributed by atoms with Gasteiger partial charge < -0.3 is 4.74 Å². The second-order valence-electron chi connectivity index (χ2n) is 4.73. The number of nitriles is 1. The molecule has 5 nitrogen and oxygen atoms in total. The molecule has 2 rings (SSSR count). The van der Waals surface area contributed by atoms with Crippen molar-refractivity contribution >= 4 is 6.21 Å². The summed E-state index contributed by atoms with van der Waals surface area (Å²) in [6, 6.07) is 9.57. The van der Waals surface area contributed by atoms with Crippen molar-refractivity contribution in [2.75, 3.05) is 0 Å². The average molecular weight is 317 g/mol. The average Bonchev–Trinajstić information content (AvgIpc) is 2.48. The maximum absolute atomic E-state index is 12.4. The van der Waals surface area contributed by atoms with Crippen LogP contribution < -0.4 is 10.3 Å². The molecule has 0 aliphatic heterocycles. The number of ether oxygens (including phenoxy) is 1. The molecule has 1 aromatic heterocycles. The molecule has 0 atom stereocenters. The van der Waals surface area contributed by atoms with Crippen LogP contribution in [-0.4, -0.2) is 17.5 Å². The molecule has 0 fully saturated rings. The van der Waals surface area contributed by atoms with E-state index in [-0.39, 0.29) is 16.9 Å². The van der Waals surface area contributed by atoms with Crippen LogP contribution in [-0.2, 0) is 0 Å². The zero-order valence-electron chi connectivity index (χ0n) is 12.5. The molecule has 0 saturated heterocycles. The van der Waals surface area contributed by atoms with E-state index >= 15 is 0 Å². The topological polar surface area (TPSA) is 67.4 Å². The van der Waals surface area contributed by atoms with E-state index in [0.29, 0.717) is 11.3 Å². The first kappa shape index (κ1) is 16.4. The highest BCUT2D eigenvalue weighted by Gasteiger charge is 2.10. The minimum Gasteiger partial charge on any atom is -0.434 e. The summed E-state index contributed by atoms with van der Waals surface area (Å²) in [7, 11) is 0. The van der Waals surface area contributed by atoms with Gasteiger partial charge in [-0.2, -0.15) is 19.1 Å². The number of hydrogen-bond donors (Lipinski definition) is 0. The Morgan fingerprint density at radius 3 is 2.70 bits per heavy atom. The van der Waals surface area contributed by atoms with Gasteiger partial charge in [0.15, 0.2) is 0 Å². The Morgan fingerprint density at radius 1 is 1.35 bits per heavy atom. The fourth-order valence-corrected chi connectivity index (χ4v) is 2.07. The maximum Gasteiger partial charge on any atom is 0.387 e. The van der Waals surface area contributed by atoms with E-state index in [9.17, 15) is 13.6 Å². The zero-order chi connectivity index (χ0) is 17.0. The van der Waals surface area contributed by atoms with Gasteiger partial charge in [0.2, 0.25) is 0 Å². The molecular formula is C16H13F2N3O2. The Labute approximate surface area is 131 Å². The highest BCUT2D eigenvalue weighted by Crippen LogP contribution is 2.18. The first-order valence-corrected chi connectivity index (χ1v) is 6.65. The van der Waals surface area contributed by atoms with Gasteiger partial charge in [0.25, 0.3) is 5.56 Å². The van der Waals surface area contributed by atoms with Crippen LogP contribution in [0.3, 0.4) is 0 Å². The van der Waals surface area contributed by atoms with Crippen LogP contribution >= 0.6 is 0 Å². The van der Waals surface area contributed by atoms with Crippen LogP contribution in [0.5, 0.6) is 5.75 Å². The number of halogens is 2. The highest BCUT2D eigenvalue weighted by atomic mass is 19.3. The number of pyridine rings is 1. The van der Waals surface area contributed by atoms with Crippen molar-refractivity contribution in [1.82, 2.24) is 4.68 Å². The first-order valence-electron chi connectivity index (χ1n) is 6.65. The molecule has 7 heteroatoms. The number of aryl methyl sites for hydroxylation is 2. The number of para-hydroxylation sites is 1. The van der Waals surface area contributed by atoms with Crippen LogP contribution in [0.2, 0.25) is 0 Å². The molecule has 0 bridgehead atoms. The fourth-order valence-electron chi connectivity index (χ4n) is 2.07. The molecule has 0 aliphatic carbocycles. The van der Waals surface area contributed by atoms with Crippen molar-refractivity contribution in [2.24, 2.45) is 5.10 Å². The van der Waals surface area contributed by atoms with Crippen molar-refractivity contribution in [3.8, 4) is 11.8 Å². The third-order valence-corrected chi connectivity index (χ3v) is 3.12. The smallest absolute Gasteiger partial charge is 0.387 e. The second kappa shape index (κ2) is 6.83. The summed E-state index contributed by atoms with van der Waals surface area (Å²) in [6.07, 6.45) is 1.24. The van der Waals surface area contributed by atoms with Gasteiger partial charge in [0.05, 0.1) is 6.21 Å². The first-order chi connectivity index (χ1) is 10.9. The molecular weight excluding hydrogens is 304 g/mol. The van der Waals surface area contributed by atoms with Crippen LogP contribution in [0.4, 0.5) is 8.78 Å². The van der Waals surface area contributed by atoms with Crippen LogP contribution in [0, 0.1) is 25.2 Å². The van der Waals surface area contributed by atoms with Gasteiger partial charge in [0.1, 0.15) is 17.4 Å². The lowest BCUT2D eigenvalue weighted by Crippen LogP contribution is -2.22. The van der Waals surface area contributed by atoms with E-state index in [2.05, 4.69) is 9.84 Å². The Morgan fingerprint density at radius 2 is 2.04 bits per heavy atom. The standard InChI is InChI=1S/C16H13F2N3O2/c1-10-7-11(2)21(15(22)13(10)8-19)20-9-12-5-3-4-6-14(12)23-16(17)18/h3-7,9,16H,1-2H3/b20-9+. The number of aromatic nitrogens is 1. The third kappa shape index (κ3) is 3.61. The molecule has 23 heavy (non-hydrogen) atoms. The highest BCUT2D eigenvalue weighted by molar-refractivity contribution is 5.83. The van der Waals surface area contributed by atoms with Gasteiger partial charge in [-0.05, 0) is 37.6 Å². The predicted octanol–water partition coefficient (Wildman–Crippen LogP) is 2.82. The molecule has 0 spiro atoms. The predicted molar refractivity (Wildman–Crippen MR) is 81.0 cm³/mol. The Hall–Kier alpha value is -3.01. The summed E-state index contributed by atoms with van der Waals surface area (Å²) >= 11 is 0. The Bertz CT molecular complexity index is 851. The number of benzene rings is 1. The van der Waals surface area contributed by atoms with Crippen molar-refractivity contribution in [2.45, 2.75) is 20.5 Å². The van der Waals surface area contributed by atoms with E-state index in [4.69, 9.17) is 5.26 Å². The van der Waals surface area contributed by atoms with Crippen LogP contribution in [0.1, 0.15) is 22.4 Å². The molecule has 0 N–H and O–H groups in total. The summed E-state index contributed by atoms with van der Waals surface area (Å²) < 4.78 is 30.2. The van der Waals surface area contributed by atoms with E-state index in [1.807, 2.05) is 6.07 Å². The molecule has 118 valence electrons. The molecule has 0 saturated carbocycles. The minimum atomic E-state index is -2.96. The molecule has 2 aromatic rings. The number of rotatable bonds is 4. The number of hydrogen-bond acceptors (Lipinski definition) is 4. The molecule has 0 aliphatic rings. The van der Waals surface area contributed by atoms with Crippen molar-refractivity contribution in [3.63, 3.8) is 0 Å². The van der Waals surface area contributed by atoms with E-state index in [0.717, 1.165) is 4.68 Å². The van der Waals surface area contributed by atoms with E-state index in [1.54, 1.807) is 32.0 Å². The Balaban J connectivity index is 2.47. The normalized spacial score (nSPS) is 11.0. The molecule has 1 heterocycles.